The highest BCUT2D eigenvalue weighted by Crippen LogP contribution is 2.21. The molecule has 0 aromatic heterocycles. The van der Waals surface area contributed by atoms with Gasteiger partial charge in [0.1, 0.15) is 12.4 Å². The van der Waals surface area contributed by atoms with Crippen LogP contribution in [0, 0.1) is 12.7 Å². The molecular weight excluding hydrogens is 288 g/mol. The minimum Gasteiger partial charge on any atom is -0.326 e. The predicted molar refractivity (Wildman–Crippen MR) is 60.3 cm³/mol. The minimum atomic E-state index is -4.69. The van der Waals surface area contributed by atoms with Gasteiger partial charge in [0.05, 0.1) is 4.90 Å². The van der Waals surface area contributed by atoms with Crippen molar-refractivity contribution in [3.8, 4) is 0 Å². The predicted octanol–water partition coefficient (Wildman–Crippen LogP) is 1.43. The molecular formula is C10H12F4N2O2S. The van der Waals surface area contributed by atoms with Crippen LogP contribution in [-0.4, -0.2) is 21.1 Å². The van der Waals surface area contributed by atoms with Gasteiger partial charge < -0.3 is 5.73 Å². The van der Waals surface area contributed by atoms with Gasteiger partial charge in [0.15, 0.2) is 0 Å². The fraction of sp³-hybridized carbons (Fsp3) is 0.400. The average Bonchev–Trinajstić information content (AvgIpc) is 2.29. The highest BCUT2D eigenvalue weighted by molar-refractivity contribution is 7.89. The number of rotatable bonds is 4. The third-order valence-corrected chi connectivity index (χ3v) is 3.87. The summed E-state index contributed by atoms with van der Waals surface area (Å²) in [5, 5.41) is 0. The number of hydrogen-bond acceptors (Lipinski definition) is 3. The van der Waals surface area contributed by atoms with Crippen molar-refractivity contribution in [1.82, 2.24) is 4.72 Å². The molecule has 0 saturated heterocycles. The first-order valence-corrected chi connectivity index (χ1v) is 6.60. The van der Waals surface area contributed by atoms with Crippen molar-refractivity contribution in [3.05, 3.63) is 29.1 Å². The maximum atomic E-state index is 13.5. The highest BCUT2D eigenvalue weighted by atomic mass is 32.2. The smallest absolute Gasteiger partial charge is 0.326 e. The van der Waals surface area contributed by atoms with Gasteiger partial charge >= 0.3 is 6.18 Å². The summed E-state index contributed by atoms with van der Waals surface area (Å²) in [6, 6.07) is 2.09. The lowest BCUT2D eigenvalue weighted by Gasteiger charge is -2.12. The number of hydrogen-bond donors (Lipinski definition) is 2. The molecule has 0 heterocycles. The third kappa shape index (κ3) is 4.15. The van der Waals surface area contributed by atoms with Crippen LogP contribution in [-0.2, 0) is 16.6 Å². The summed E-state index contributed by atoms with van der Waals surface area (Å²) < 4.78 is 74.3. The maximum Gasteiger partial charge on any atom is 0.402 e. The van der Waals surface area contributed by atoms with Gasteiger partial charge in [-0.2, -0.15) is 13.2 Å². The maximum absolute atomic E-state index is 13.5. The van der Waals surface area contributed by atoms with Crippen LogP contribution in [0.4, 0.5) is 17.6 Å². The molecule has 108 valence electrons. The molecule has 1 rings (SSSR count). The summed E-state index contributed by atoms with van der Waals surface area (Å²) >= 11 is 0. The second kappa shape index (κ2) is 5.43. The number of sulfonamides is 1. The number of nitrogens with one attached hydrogen (secondary N) is 1. The Morgan fingerprint density at radius 1 is 1.32 bits per heavy atom. The second-order valence-electron chi connectivity index (χ2n) is 3.84. The van der Waals surface area contributed by atoms with E-state index < -0.39 is 33.5 Å². The van der Waals surface area contributed by atoms with Gasteiger partial charge in [0, 0.05) is 12.1 Å². The summed E-state index contributed by atoms with van der Waals surface area (Å²) in [6.07, 6.45) is -4.69. The van der Waals surface area contributed by atoms with Crippen molar-refractivity contribution in [3.63, 3.8) is 0 Å². The molecule has 0 aliphatic rings. The molecule has 0 atom stereocenters. The molecule has 0 unspecified atom stereocenters. The van der Waals surface area contributed by atoms with Gasteiger partial charge in [-0.05, 0) is 24.6 Å². The molecule has 0 radical (unpaired) electrons. The molecule has 9 heteroatoms. The van der Waals surface area contributed by atoms with Gasteiger partial charge in [-0.15, -0.1) is 0 Å². The Labute approximate surface area is 107 Å². The van der Waals surface area contributed by atoms with E-state index in [2.05, 4.69) is 0 Å². The van der Waals surface area contributed by atoms with E-state index in [0.717, 1.165) is 19.1 Å². The first kappa shape index (κ1) is 15.9. The van der Waals surface area contributed by atoms with E-state index in [-0.39, 0.29) is 17.7 Å². The lowest BCUT2D eigenvalue weighted by molar-refractivity contribution is -0.121. The quantitative estimate of drug-likeness (QED) is 0.826. The molecule has 4 nitrogen and oxygen atoms in total. The van der Waals surface area contributed by atoms with Gasteiger partial charge in [-0.3, -0.25) is 0 Å². The molecule has 0 amide bonds. The molecule has 1 aromatic carbocycles. The van der Waals surface area contributed by atoms with Crippen molar-refractivity contribution in [2.45, 2.75) is 24.5 Å². The van der Waals surface area contributed by atoms with Gasteiger partial charge in [-0.25, -0.2) is 17.5 Å². The largest absolute Gasteiger partial charge is 0.402 e. The summed E-state index contributed by atoms with van der Waals surface area (Å²) in [6.45, 7) is -0.681. The summed E-state index contributed by atoms with van der Waals surface area (Å²) in [7, 11) is -4.44. The Bertz CT molecular complexity index is 570. The van der Waals surface area contributed by atoms with Crippen molar-refractivity contribution < 1.29 is 26.0 Å². The van der Waals surface area contributed by atoms with E-state index in [0.29, 0.717) is 0 Å². The number of halogens is 4. The zero-order chi connectivity index (χ0) is 14.8. The van der Waals surface area contributed by atoms with Crippen molar-refractivity contribution in [1.29, 1.82) is 0 Å². The van der Waals surface area contributed by atoms with Crippen molar-refractivity contribution in [2.24, 2.45) is 5.73 Å². The van der Waals surface area contributed by atoms with E-state index >= 15 is 0 Å². The lowest BCUT2D eigenvalue weighted by atomic mass is 10.1. The van der Waals surface area contributed by atoms with Crippen molar-refractivity contribution >= 4 is 10.0 Å². The van der Waals surface area contributed by atoms with Gasteiger partial charge in [0.25, 0.3) is 0 Å². The van der Waals surface area contributed by atoms with Crippen LogP contribution in [0.1, 0.15) is 11.1 Å². The molecule has 0 fully saturated rings. The lowest BCUT2D eigenvalue weighted by Crippen LogP contribution is -2.34. The summed E-state index contributed by atoms with van der Waals surface area (Å²) in [4.78, 5) is -0.544. The second-order valence-corrected chi connectivity index (χ2v) is 5.58. The molecule has 0 saturated carbocycles. The monoisotopic (exact) mass is 300 g/mol. The normalized spacial score (nSPS) is 12.7. The Balaban J connectivity index is 3.17. The van der Waals surface area contributed by atoms with Crippen LogP contribution in [0.25, 0.3) is 0 Å². The summed E-state index contributed by atoms with van der Waals surface area (Å²) in [5.41, 5.74) is 5.18. The standard InChI is InChI=1S/C10H12F4N2O2S/c1-6-8(11)2-7(4-15)3-9(6)19(17,18)16-5-10(12,13)14/h2-3,16H,4-5,15H2,1H3. The fourth-order valence-electron chi connectivity index (χ4n) is 1.36. The molecule has 0 aliphatic carbocycles. The van der Waals surface area contributed by atoms with E-state index in [4.69, 9.17) is 5.73 Å². The third-order valence-electron chi connectivity index (χ3n) is 2.34. The molecule has 0 aliphatic heterocycles. The Kier molecular flexibility index (Phi) is 4.54. The number of benzene rings is 1. The van der Waals surface area contributed by atoms with Crippen molar-refractivity contribution in [2.75, 3.05) is 6.54 Å². The highest BCUT2D eigenvalue weighted by Gasteiger charge is 2.31. The molecule has 0 spiro atoms. The Hall–Kier alpha value is -1.19. The van der Waals surface area contributed by atoms with Gasteiger partial charge in [-0.1, -0.05) is 0 Å². The van der Waals surface area contributed by atoms with E-state index in [9.17, 15) is 26.0 Å². The first-order valence-electron chi connectivity index (χ1n) is 5.12. The van der Waals surface area contributed by atoms with Crippen LogP contribution in [0.3, 0.4) is 0 Å². The average molecular weight is 300 g/mol. The molecule has 0 bridgehead atoms. The van der Waals surface area contributed by atoms with Gasteiger partial charge in [0.2, 0.25) is 10.0 Å². The van der Waals surface area contributed by atoms with Crippen LogP contribution < -0.4 is 10.5 Å². The van der Waals surface area contributed by atoms with Crippen LogP contribution in [0.5, 0.6) is 0 Å². The van der Waals surface area contributed by atoms with Crippen LogP contribution >= 0.6 is 0 Å². The van der Waals surface area contributed by atoms with E-state index in [1.165, 1.54) is 4.72 Å². The number of nitrogens with two attached hydrogens (primary N) is 1. The molecule has 3 N–H and O–H groups in total. The first-order chi connectivity index (χ1) is 8.57. The molecule has 1 aromatic rings. The van der Waals surface area contributed by atoms with Crippen LogP contribution in [0.2, 0.25) is 0 Å². The minimum absolute atomic E-state index is 0.126. The topological polar surface area (TPSA) is 72.2 Å². The van der Waals surface area contributed by atoms with Crippen LogP contribution in [0.15, 0.2) is 17.0 Å². The van der Waals surface area contributed by atoms with E-state index in [1.54, 1.807) is 0 Å². The fourth-order valence-corrected chi connectivity index (χ4v) is 2.67. The summed E-state index contributed by atoms with van der Waals surface area (Å²) in [5.74, 6) is -0.838. The zero-order valence-electron chi connectivity index (χ0n) is 9.88. The molecule has 19 heavy (non-hydrogen) atoms. The van der Waals surface area contributed by atoms with E-state index in [1.807, 2.05) is 0 Å². The Morgan fingerprint density at radius 3 is 2.37 bits per heavy atom. The zero-order valence-corrected chi connectivity index (χ0v) is 10.7. The number of alkyl halides is 3. The SMILES string of the molecule is Cc1c(F)cc(CN)cc1S(=O)(=O)NCC(F)(F)F. The Morgan fingerprint density at radius 2 is 1.89 bits per heavy atom.